The Bertz CT molecular complexity index is 1520. The monoisotopic (exact) mass is 520 g/mol. The molecule has 0 bridgehead atoms. The van der Waals surface area contributed by atoms with Crippen molar-refractivity contribution >= 4 is 15.8 Å². The van der Waals surface area contributed by atoms with Crippen molar-refractivity contribution in [3.05, 3.63) is 94.5 Å². The third-order valence-electron chi connectivity index (χ3n) is 5.71. The smallest absolute Gasteiger partial charge is 0.260 e. The van der Waals surface area contributed by atoms with Gasteiger partial charge in [-0.15, -0.1) is 0 Å². The van der Waals surface area contributed by atoms with Crippen LogP contribution in [0.1, 0.15) is 34.0 Å². The first-order valence-electron chi connectivity index (χ1n) is 11.5. The van der Waals surface area contributed by atoms with E-state index in [1.54, 1.807) is 24.3 Å². The highest BCUT2D eigenvalue weighted by Crippen LogP contribution is 2.34. The number of hydrogen-bond acceptors (Lipinski definition) is 8. The number of anilines is 1. The molecule has 2 heterocycles. The Labute approximate surface area is 215 Å². The van der Waals surface area contributed by atoms with Crippen molar-refractivity contribution in [2.24, 2.45) is 0 Å². The third-order valence-corrected chi connectivity index (χ3v) is 7.02. The van der Waals surface area contributed by atoms with Gasteiger partial charge in [-0.2, -0.15) is 4.72 Å². The maximum Gasteiger partial charge on any atom is 0.260 e. The van der Waals surface area contributed by atoms with Crippen LogP contribution in [0.2, 0.25) is 0 Å². The van der Waals surface area contributed by atoms with Gasteiger partial charge in [-0.3, -0.25) is 0 Å². The molecule has 0 aliphatic heterocycles. The number of aromatic nitrogens is 2. The van der Waals surface area contributed by atoms with Crippen LogP contribution >= 0.6 is 0 Å². The number of hydrogen-bond donors (Lipinski definition) is 4. The standard InChI is InChI=1S/C27H28N4O5S/c1-16-13-17(2)25(18(3)14-16)36-27-21(11-12-22(29-27)20-9-7-19(15-32)8-10-20)26(33)31-37(34,35)24-6-4-5-23(28)30-24/h4-14,26,31-33H,15H2,1-3H3,(H2,28,30). The van der Waals surface area contributed by atoms with Crippen LogP contribution in [0.4, 0.5) is 5.82 Å². The van der Waals surface area contributed by atoms with Crippen LogP contribution in [0.25, 0.3) is 11.3 Å². The Morgan fingerprint density at radius 3 is 2.27 bits per heavy atom. The molecule has 0 saturated carbocycles. The molecule has 0 spiro atoms. The van der Waals surface area contributed by atoms with Crippen LogP contribution < -0.4 is 15.2 Å². The summed E-state index contributed by atoms with van der Waals surface area (Å²) in [4.78, 5) is 8.45. The summed E-state index contributed by atoms with van der Waals surface area (Å²) in [6.07, 6.45) is -1.69. The minimum absolute atomic E-state index is 0.0324. The number of nitrogens with one attached hydrogen (secondary N) is 1. The first-order chi connectivity index (χ1) is 17.6. The van der Waals surface area contributed by atoms with Gasteiger partial charge in [-0.1, -0.05) is 48.0 Å². The molecule has 1 unspecified atom stereocenters. The lowest BCUT2D eigenvalue weighted by atomic mass is 10.1. The second-order valence-corrected chi connectivity index (χ2v) is 10.4. The topological polar surface area (TPSA) is 148 Å². The van der Waals surface area contributed by atoms with E-state index < -0.39 is 16.3 Å². The number of aliphatic hydroxyl groups is 2. The average molecular weight is 521 g/mol. The fourth-order valence-electron chi connectivity index (χ4n) is 3.96. The number of ether oxygens (including phenoxy) is 1. The summed E-state index contributed by atoms with van der Waals surface area (Å²) >= 11 is 0. The lowest BCUT2D eigenvalue weighted by molar-refractivity contribution is 0.162. The summed E-state index contributed by atoms with van der Waals surface area (Å²) in [6.45, 7) is 5.70. The molecule has 192 valence electrons. The predicted octanol–water partition coefficient (Wildman–Crippen LogP) is 3.91. The number of rotatable bonds is 8. The normalized spacial score (nSPS) is 12.4. The molecule has 2 aromatic carbocycles. The van der Waals surface area contributed by atoms with Crippen LogP contribution in [0.3, 0.4) is 0 Å². The van der Waals surface area contributed by atoms with Gasteiger partial charge in [0.15, 0.2) is 5.03 Å². The van der Waals surface area contributed by atoms with Crippen LogP contribution in [0, 0.1) is 20.8 Å². The van der Waals surface area contributed by atoms with Crippen molar-refractivity contribution in [2.75, 3.05) is 5.73 Å². The van der Waals surface area contributed by atoms with Gasteiger partial charge < -0.3 is 20.7 Å². The Morgan fingerprint density at radius 1 is 0.973 bits per heavy atom. The minimum Gasteiger partial charge on any atom is -0.438 e. The highest BCUT2D eigenvalue weighted by atomic mass is 32.2. The summed E-state index contributed by atoms with van der Waals surface area (Å²) in [7, 11) is -4.21. The predicted molar refractivity (Wildman–Crippen MR) is 140 cm³/mol. The molecule has 0 aliphatic rings. The molecule has 4 rings (SSSR count). The molecule has 2 aromatic heterocycles. The van der Waals surface area contributed by atoms with E-state index in [-0.39, 0.29) is 28.9 Å². The van der Waals surface area contributed by atoms with Gasteiger partial charge in [0.25, 0.3) is 10.0 Å². The zero-order valence-corrected chi connectivity index (χ0v) is 21.5. The van der Waals surface area contributed by atoms with Crippen molar-refractivity contribution in [1.82, 2.24) is 14.7 Å². The highest BCUT2D eigenvalue weighted by molar-refractivity contribution is 7.89. The molecule has 37 heavy (non-hydrogen) atoms. The van der Waals surface area contributed by atoms with Gasteiger partial charge >= 0.3 is 0 Å². The Balaban J connectivity index is 1.76. The molecule has 0 saturated heterocycles. The van der Waals surface area contributed by atoms with Crippen molar-refractivity contribution in [2.45, 2.75) is 38.6 Å². The van der Waals surface area contributed by atoms with Crippen molar-refractivity contribution in [3.63, 3.8) is 0 Å². The average Bonchev–Trinajstić information content (AvgIpc) is 2.86. The van der Waals surface area contributed by atoms with E-state index in [1.165, 1.54) is 18.2 Å². The molecular weight excluding hydrogens is 492 g/mol. The third kappa shape index (κ3) is 5.95. The number of nitrogens with zero attached hydrogens (tertiary/aromatic N) is 2. The molecule has 0 amide bonds. The largest absolute Gasteiger partial charge is 0.438 e. The highest BCUT2D eigenvalue weighted by Gasteiger charge is 2.25. The quantitative estimate of drug-likeness (QED) is 0.256. The van der Waals surface area contributed by atoms with Crippen LogP contribution in [-0.2, 0) is 16.6 Å². The molecule has 1 atom stereocenters. The van der Waals surface area contributed by atoms with E-state index in [0.29, 0.717) is 11.4 Å². The maximum absolute atomic E-state index is 12.9. The van der Waals surface area contributed by atoms with E-state index in [0.717, 1.165) is 27.8 Å². The molecule has 0 aliphatic carbocycles. The summed E-state index contributed by atoms with van der Waals surface area (Å²) < 4.78 is 34.2. The summed E-state index contributed by atoms with van der Waals surface area (Å²) in [5, 5.41) is 20.0. The lowest BCUT2D eigenvalue weighted by Crippen LogP contribution is -2.29. The fraction of sp³-hybridized carbons (Fsp3) is 0.185. The maximum atomic E-state index is 12.9. The first-order valence-corrected chi connectivity index (χ1v) is 13.0. The summed E-state index contributed by atoms with van der Waals surface area (Å²) in [6, 6.07) is 18.5. The minimum atomic E-state index is -4.21. The molecule has 5 N–H and O–H groups in total. The Kier molecular flexibility index (Phi) is 7.55. The Hall–Kier alpha value is -3.83. The summed E-state index contributed by atoms with van der Waals surface area (Å²) in [5.41, 5.74) is 10.6. The number of aryl methyl sites for hydroxylation is 3. The molecule has 9 nitrogen and oxygen atoms in total. The SMILES string of the molecule is Cc1cc(C)c(Oc2nc(-c3ccc(CO)cc3)ccc2C(O)NS(=O)(=O)c2cccc(N)n2)c(C)c1. The number of pyridine rings is 2. The van der Waals surface area contributed by atoms with Crippen molar-refractivity contribution in [3.8, 4) is 22.9 Å². The van der Waals surface area contributed by atoms with E-state index in [2.05, 4.69) is 14.7 Å². The zero-order chi connectivity index (χ0) is 26.7. The number of benzene rings is 2. The van der Waals surface area contributed by atoms with Gasteiger partial charge in [0.05, 0.1) is 17.9 Å². The Morgan fingerprint density at radius 2 is 1.65 bits per heavy atom. The number of nitrogen functional groups attached to an aromatic ring is 1. The van der Waals surface area contributed by atoms with Gasteiger partial charge in [-0.25, -0.2) is 18.4 Å². The van der Waals surface area contributed by atoms with Gasteiger partial charge in [-0.05, 0) is 61.7 Å². The van der Waals surface area contributed by atoms with Crippen LogP contribution in [0.15, 0.2) is 71.8 Å². The molecule has 4 aromatic rings. The number of aliphatic hydroxyl groups excluding tert-OH is 2. The molecule has 0 radical (unpaired) electrons. The van der Waals surface area contributed by atoms with Gasteiger partial charge in [0, 0.05) is 5.56 Å². The zero-order valence-electron chi connectivity index (χ0n) is 20.6. The van der Waals surface area contributed by atoms with Crippen molar-refractivity contribution < 1.29 is 23.4 Å². The molecule has 10 heteroatoms. The number of sulfonamides is 1. The number of nitrogens with two attached hydrogens (primary N) is 1. The second-order valence-electron chi connectivity index (χ2n) is 8.70. The van der Waals surface area contributed by atoms with Gasteiger partial charge in [0.1, 0.15) is 17.8 Å². The molecular formula is C27H28N4O5S. The molecule has 0 fully saturated rings. The van der Waals surface area contributed by atoms with E-state index in [1.807, 2.05) is 45.0 Å². The second kappa shape index (κ2) is 10.7. The lowest BCUT2D eigenvalue weighted by Gasteiger charge is -2.19. The van der Waals surface area contributed by atoms with Gasteiger partial charge in [0.2, 0.25) is 5.88 Å². The fourth-order valence-corrected chi connectivity index (χ4v) is 4.98. The van der Waals surface area contributed by atoms with Crippen molar-refractivity contribution in [1.29, 1.82) is 0 Å². The van der Waals surface area contributed by atoms with E-state index >= 15 is 0 Å². The van der Waals surface area contributed by atoms with E-state index in [9.17, 15) is 18.6 Å². The van der Waals surface area contributed by atoms with Crippen LogP contribution in [0.5, 0.6) is 11.6 Å². The van der Waals surface area contributed by atoms with Crippen LogP contribution in [-0.4, -0.2) is 28.6 Å². The first kappa shape index (κ1) is 26.2. The summed E-state index contributed by atoms with van der Waals surface area (Å²) in [5.74, 6) is 0.624. The van der Waals surface area contributed by atoms with E-state index in [4.69, 9.17) is 10.5 Å².